The van der Waals surface area contributed by atoms with Gasteiger partial charge in [0.15, 0.2) is 11.6 Å². The van der Waals surface area contributed by atoms with Gasteiger partial charge < -0.3 is 15.2 Å². The normalized spacial score (nSPS) is 15.6. The number of pyridine rings is 1. The third-order valence-electron chi connectivity index (χ3n) is 4.56. The van der Waals surface area contributed by atoms with Crippen molar-refractivity contribution in [1.29, 1.82) is 0 Å². The number of carbonyl (C=O) groups excluding carboxylic acids is 1. The Bertz CT molecular complexity index is 996. The lowest BCUT2D eigenvalue weighted by Gasteiger charge is -2.33. The fourth-order valence-electron chi connectivity index (χ4n) is 3.16. The molecule has 1 aromatic heterocycles. The molecule has 0 saturated heterocycles. The van der Waals surface area contributed by atoms with E-state index in [1.54, 1.807) is 29.2 Å². The summed E-state index contributed by atoms with van der Waals surface area (Å²) in [5.41, 5.74) is 6.63. The first-order valence-corrected chi connectivity index (χ1v) is 9.67. The second kappa shape index (κ2) is 8.41. The molecule has 29 heavy (non-hydrogen) atoms. The number of halogens is 1. The van der Waals surface area contributed by atoms with Crippen LogP contribution in [0.5, 0.6) is 11.5 Å². The first-order valence-electron chi connectivity index (χ1n) is 9.30. The van der Waals surface area contributed by atoms with Crippen molar-refractivity contribution in [3.05, 3.63) is 77.3 Å². The third kappa shape index (κ3) is 4.27. The predicted molar refractivity (Wildman–Crippen MR) is 112 cm³/mol. The van der Waals surface area contributed by atoms with Crippen molar-refractivity contribution >= 4 is 29.1 Å². The minimum absolute atomic E-state index is 0.173. The topological polar surface area (TPSA) is 77.7 Å². The fourth-order valence-corrected chi connectivity index (χ4v) is 3.28. The van der Waals surface area contributed by atoms with Gasteiger partial charge in [0.1, 0.15) is 11.6 Å². The zero-order chi connectivity index (χ0) is 20.2. The van der Waals surface area contributed by atoms with Crippen molar-refractivity contribution in [2.24, 2.45) is 0 Å². The number of nitrogens with two attached hydrogens (primary N) is 1. The molecule has 1 aliphatic rings. The second-order valence-electron chi connectivity index (χ2n) is 6.61. The molecule has 148 valence electrons. The summed E-state index contributed by atoms with van der Waals surface area (Å²) < 4.78 is 11.7. The molecule has 0 radical (unpaired) electrons. The van der Waals surface area contributed by atoms with E-state index in [9.17, 15) is 4.79 Å². The number of benzene rings is 2. The number of amides is 1. The largest absolute Gasteiger partial charge is 0.494 e. The van der Waals surface area contributed by atoms with Crippen LogP contribution in [-0.4, -0.2) is 24.0 Å². The van der Waals surface area contributed by atoms with Crippen LogP contribution in [0.15, 0.2) is 66.7 Å². The number of carbonyl (C=O) groups is 1. The van der Waals surface area contributed by atoms with Crippen LogP contribution in [0.2, 0.25) is 5.02 Å². The molecule has 2 aromatic carbocycles. The highest BCUT2D eigenvalue weighted by molar-refractivity contribution is 6.30. The monoisotopic (exact) mass is 409 g/mol. The Labute approximate surface area is 173 Å². The molecule has 1 unspecified atom stereocenters. The summed E-state index contributed by atoms with van der Waals surface area (Å²) in [6, 6.07) is 20.0. The van der Waals surface area contributed by atoms with Gasteiger partial charge in [0.25, 0.3) is 5.91 Å². The molecule has 6 nitrogen and oxygen atoms in total. The third-order valence-corrected chi connectivity index (χ3v) is 4.81. The van der Waals surface area contributed by atoms with E-state index in [0.29, 0.717) is 42.0 Å². The molecule has 2 N–H and O–H groups in total. The van der Waals surface area contributed by atoms with Crippen molar-refractivity contribution in [2.45, 2.75) is 12.5 Å². The lowest BCUT2D eigenvalue weighted by atomic mass is 10.1. The van der Waals surface area contributed by atoms with Crippen LogP contribution in [0.4, 0.5) is 11.6 Å². The Morgan fingerprint density at radius 2 is 1.83 bits per heavy atom. The van der Waals surface area contributed by atoms with Crippen LogP contribution in [0.25, 0.3) is 0 Å². The molecule has 4 rings (SSSR count). The van der Waals surface area contributed by atoms with E-state index in [1.165, 1.54) is 0 Å². The number of nitrogens with zero attached hydrogens (tertiary/aromatic N) is 2. The summed E-state index contributed by atoms with van der Waals surface area (Å²) in [7, 11) is 0. The fraction of sp³-hybridized carbons (Fsp3) is 0.182. The predicted octanol–water partition coefficient (Wildman–Crippen LogP) is 4.25. The molecule has 0 spiro atoms. The van der Waals surface area contributed by atoms with Crippen molar-refractivity contribution in [1.82, 2.24) is 4.98 Å². The number of ether oxygens (including phenoxy) is 2. The van der Waals surface area contributed by atoms with Gasteiger partial charge in [-0.25, -0.2) is 4.98 Å². The lowest BCUT2D eigenvalue weighted by Crippen LogP contribution is -2.42. The Kier molecular flexibility index (Phi) is 5.53. The van der Waals surface area contributed by atoms with Crippen molar-refractivity contribution in [3.8, 4) is 11.5 Å². The van der Waals surface area contributed by atoms with E-state index < -0.39 is 6.10 Å². The first kappa shape index (κ1) is 19.1. The quantitative estimate of drug-likeness (QED) is 0.615. The number of anilines is 2. The van der Waals surface area contributed by atoms with Crippen LogP contribution in [0.1, 0.15) is 18.1 Å². The number of rotatable bonds is 6. The van der Waals surface area contributed by atoms with Crippen molar-refractivity contribution in [2.75, 3.05) is 23.8 Å². The standard InChI is InChI=1S/C22H20ClN3O3/c23-16-7-9-17(10-8-16)28-14-4-13-26-21-18(11-12-19(24)25-21)29-20(22(26)27)15-5-2-1-3-6-15/h1-3,5-12,20H,4,13-14H2,(H2,24,25). The smallest absolute Gasteiger partial charge is 0.274 e. The number of hydrogen-bond acceptors (Lipinski definition) is 5. The molecule has 0 aliphatic carbocycles. The molecule has 0 fully saturated rings. The molecule has 2 heterocycles. The van der Waals surface area contributed by atoms with Crippen LogP contribution >= 0.6 is 11.6 Å². The number of fused-ring (bicyclic) bond motifs is 1. The van der Waals surface area contributed by atoms with E-state index >= 15 is 0 Å². The Balaban J connectivity index is 1.49. The average Bonchev–Trinajstić information content (AvgIpc) is 2.74. The lowest BCUT2D eigenvalue weighted by molar-refractivity contribution is -0.126. The molecule has 0 bridgehead atoms. The highest BCUT2D eigenvalue weighted by atomic mass is 35.5. The maximum absolute atomic E-state index is 13.2. The SMILES string of the molecule is Nc1ccc2c(n1)N(CCCOc1ccc(Cl)cc1)C(=O)C(c1ccccc1)O2. The Hall–Kier alpha value is -3.25. The van der Waals surface area contributed by atoms with E-state index in [2.05, 4.69) is 4.98 Å². The van der Waals surface area contributed by atoms with Crippen LogP contribution in [-0.2, 0) is 4.79 Å². The van der Waals surface area contributed by atoms with Gasteiger partial charge in [-0.1, -0.05) is 41.9 Å². The van der Waals surface area contributed by atoms with Gasteiger partial charge in [0, 0.05) is 17.1 Å². The molecule has 0 saturated carbocycles. The minimum Gasteiger partial charge on any atom is -0.494 e. The first-order chi connectivity index (χ1) is 14.1. The maximum atomic E-state index is 13.2. The Morgan fingerprint density at radius 1 is 1.07 bits per heavy atom. The zero-order valence-corrected chi connectivity index (χ0v) is 16.4. The summed E-state index contributed by atoms with van der Waals surface area (Å²) >= 11 is 5.89. The molecule has 3 aromatic rings. The van der Waals surface area contributed by atoms with Gasteiger partial charge >= 0.3 is 0 Å². The molecular weight excluding hydrogens is 390 g/mol. The van der Waals surface area contributed by atoms with E-state index in [1.807, 2.05) is 42.5 Å². The maximum Gasteiger partial charge on any atom is 0.274 e. The van der Waals surface area contributed by atoms with Crippen LogP contribution in [0, 0.1) is 0 Å². The van der Waals surface area contributed by atoms with Gasteiger partial charge in [-0.05, 0) is 42.8 Å². The molecule has 1 amide bonds. The van der Waals surface area contributed by atoms with Gasteiger partial charge in [0.05, 0.1) is 6.61 Å². The minimum atomic E-state index is -0.716. The summed E-state index contributed by atoms with van der Waals surface area (Å²) in [6.07, 6.45) is -0.0995. The van der Waals surface area contributed by atoms with Gasteiger partial charge in [-0.2, -0.15) is 0 Å². The van der Waals surface area contributed by atoms with E-state index in [4.69, 9.17) is 26.8 Å². The molecule has 1 atom stereocenters. The molecular formula is C22H20ClN3O3. The molecule has 1 aliphatic heterocycles. The van der Waals surface area contributed by atoms with Crippen LogP contribution < -0.4 is 20.1 Å². The number of aromatic nitrogens is 1. The summed E-state index contributed by atoms with van der Waals surface area (Å²) in [4.78, 5) is 19.1. The van der Waals surface area contributed by atoms with Crippen LogP contribution in [0.3, 0.4) is 0 Å². The zero-order valence-electron chi connectivity index (χ0n) is 15.6. The highest BCUT2D eigenvalue weighted by Gasteiger charge is 2.36. The summed E-state index contributed by atoms with van der Waals surface area (Å²) in [5.74, 6) is 1.86. The number of nitrogen functional groups attached to an aromatic ring is 1. The average molecular weight is 410 g/mol. The van der Waals surface area contributed by atoms with Crippen molar-refractivity contribution in [3.63, 3.8) is 0 Å². The summed E-state index contributed by atoms with van der Waals surface area (Å²) in [6.45, 7) is 0.877. The second-order valence-corrected chi connectivity index (χ2v) is 7.05. The van der Waals surface area contributed by atoms with E-state index in [0.717, 1.165) is 11.3 Å². The summed E-state index contributed by atoms with van der Waals surface area (Å²) in [5, 5.41) is 0.656. The Morgan fingerprint density at radius 3 is 2.59 bits per heavy atom. The van der Waals surface area contributed by atoms with Gasteiger partial charge in [0.2, 0.25) is 6.10 Å². The highest BCUT2D eigenvalue weighted by Crippen LogP contribution is 2.38. The van der Waals surface area contributed by atoms with Crippen molar-refractivity contribution < 1.29 is 14.3 Å². The number of hydrogen-bond donors (Lipinski definition) is 1. The molecule has 7 heteroatoms. The van der Waals surface area contributed by atoms with E-state index in [-0.39, 0.29) is 5.91 Å². The van der Waals surface area contributed by atoms with Gasteiger partial charge in [-0.15, -0.1) is 0 Å². The van der Waals surface area contributed by atoms with Gasteiger partial charge in [-0.3, -0.25) is 9.69 Å².